The van der Waals surface area contributed by atoms with E-state index in [4.69, 9.17) is 9.15 Å². The summed E-state index contributed by atoms with van der Waals surface area (Å²) in [5, 5.41) is 4.24. The van der Waals surface area contributed by atoms with Crippen molar-refractivity contribution in [3.05, 3.63) is 29.4 Å². The van der Waals surface area contributed by atoms with Crippen LogP contribution in [0.1, 0.15) is 0 Å². The van der Waals surface area contributed by atoms with Crippen molar-refractivity contribution in [1.82, 2.24) is 0 Å². The first-order chi connectivity index (χ1) is 7.95. The van der Waals surface area contributed by atoms with Gasteiger partial charge in [0.25, 0.3) is 0 Å². The molecule has 0 unspecified atom stereocenters. The molecule has 0 amide bonds. The number of nitrogens with zero attached hydrogens (tertiary/aromatic N) is 1. The molecule has 0 spiro atoms. The van der Waals surface area contributed by atoms with Crippen LogP contribution in [0.3, 0.4) is 0 Å². The first kappa shape index (κ1) is 9.93. The van der Waals surface area contributed by atoms with Crippen LogP contribution in [0.5, 0.6) is 0 Å². The van der Waals surface area contributed by atoms with Crippen LogP contribution in [0.2, 0.25) is 0 Å². The zero-order chi connectivity index (χ0) is 10.8. The Morgan fingerprint density at radius 1 is 1.19 bits per heavy atom. The molecule has 2 aromatic rings. The Bertz CT molecular complexity index is 443. The van der Waals surface area contributed by atoms with E-state index in [1.54, 1.807) is 11.3 Å². The van der Waals surface area contributed by atoms with E-state index in [2.05, 4.69) is 21.7 Å². The summed E-state index contributed by atoms with van der Waals surface area (Å²) < 4.78 is 10.7. The first-order valence-electron chi connectivity index (χ1n) is 5.36. The summed E-state index contributed by atoms with van der Waals surface area (Å²) in [4.78, 5) is 2.32. The maximum atomic E-state index is 5.36. The molecule has 84 valence electrons. The van der Waals surface area contributed by atoms with E-state index >= 15 is 0 Å². The Labute approximate surface area is 98.3 Å². The topological polar surface area (TPSA) is 25.6 Å². The molecule has 4 heteroatoms. The van der Waals surface area contributed by atoms with Crippen molar-refractivity contribution in [3.8, 4) is 11.1 Å². The second-order valence-corrected chi connectivity index (χ2v) is 4.56. The minimum Gasteiger partial charge on any atom is -0.470 e. The van der Waals surface area contributed by atoms with E-state index in [0.29, 0.717) is 0 Å². The summed E-state index contributed by atoms with van der Waals surface area (Å²) in [6.45, 7) is 3.48. The van der Waals surface area contributed by atoms with Gasteiger partial charge in [-0.05, 0) is 22.4 Å². The number of furan rings is 1. The molecule has 1 saturated heterocycles. The van der Waals surface area contributed by atoms with Gasteiger partial charge in [-0.15, -0.1) is 0 Å². The van der Waals surface area contributed by atoms with Crippen LogP contribution in [0.25, 0.3) is 11.1 Å². The number of morpholine rings is 1. The molecule has 0 atom stereocenters. The zero-order valence-corrected chi connectivity index (χ0v) is 9.70. The fourth-order valence-corrected chi connectivity index (χ4v) is 2.63. The van der Waals surface area contributed by atoms with Gasteiger partial charge in [-0.3, -0.25) is 0 Å². The molecule has 0 radical (unpaired) electrons. The quantitative estimate of drug-likeness (QED) is 0.800. The standard InChI is InChI=1S/C12H13NO2S/c1-6-16-9-10(1)11-7-15-8-12(11)13-2-4-14-5-3-13/h1,6-9H,2-5H2. The van der Waals surface area contributed by atoms with E-state index in [0.717, 1.165) is 26.3 Å². The van der Waals surface area contributed by atoms with Crippen molar-refractivity contribution in [2.75, 3.05) is 31.2 Å². The average molecular weight is 235 g/mol. The van der Waals surface area contributed by atoms with Gasteiger partial charge in [0.2, 0.25) is 0 Å². The van der Waals surface area contributed by atoms with E-state index in [-0.39, 0.29) is 0 Å². The highest BCUT2D eigenvalue weighted by molar-refractivity contribution is 7.08. The maximum absolute atomic E-state index is 5.36. The van der Waals surface area contributed by atoms with Gasteiger partial charge in [-0.1, -0.05) is 0 Å². The van der Waals surface area contributed by atoms with Crippen LogP contribution < -0.4 is 4.90 Å². The Kier molecular flexibility index (Phi) is 2.68. The third-order valence-corrected chi connectivity index (χ3v) is 3.51. The summed E-state index contributed by atoms with van der Waals surface area (Å²) >= 11 is 1.71. The molecule has 1 aliphatic heterocycles. The van der Waals surface area contributed by atoms with Gasteiger partial charge in [-0.2, -0.15) is 11.3 Å². The van der Waals surface area contributed by atoms with Crippen LogP contribution in [-0.4, -0.2) is 26.3 Å². The monoisotopic (exact) mass is 235 g/mol. The molecule has 1 aliphatic rings. The number of hydrogen-bond donors (Lipinski definition) is 0. The lowest BCUT2D eigenvalue weighted by Gasteiger charge is -2.28. The van der Waals surface area contributed by atoms with Crippen LogP contribution in [0.15, 0.2) is 33.8 Å². The van der Waals surface area contributed by atoms with Crippen molar-refractivity contribution in [2.45, 2.75) is 0 Å². The van der Waals surface area contributed by atoms with Crippen LogP contribution in [-0.2, 0) is 4.74 Å². The van der Waals surface area contributed by atoms with E-state index in [1.807, 2.05) is 12.5 Å². The minimum absolute atomic E-state index is 0.800. The molecular weight excluding hydrogens is 222 g/mol. The summed E-state index contributed by atoms with van der Waals surface area (Å²) in [5.74, 6) is 0. The predicted octanol–water partition coefficient (Wildman–Crippen LogP) is 2.84. The van der Waals surface area contributed by atoms with Gasteiger partial charge in [0.1, 0.15) is 12.5 Å². The second-order valence-electron chi connectivity index (χ2n) is 3.78. The molecule has 0 aliphatic carbocycles. The number of thiophene rings is 1. The summed E-state index contributed by atoms with van der Waals surface area (Å²) in [6.07, 6.45) is 3.66. The average Bonchev–Trinajstić information content (AvgIpc) is 3.01. The number of anilines is 1. The maximum Gasteiger partial charge on any atom is 0.114 e. The molecule has 3 heterocycles. The van der Waals surface area contributed by atoms with Gasteiger partial charge in [-0.25, -0.2) is 0 Å². The Morgan fingerprint density at radius 3 is 2.81 bits per heavy atom. The fourth-order valence-electron chi connectivity index (χ4n) is 1.97. The predicted molar refractivity (Wildman–Crippen MR) is 65.1 cm³/mol. The zero-order valence-electron chi connectivity index (χ0n) is 8.89. The van der Waals surface area contributed by atoms with Crippen molar-refractivity contribution in [1.29, 1.82) is 0 Å². The molecule has 0 bridgehead atoms. The van der Waals surface area contributed by atoms with Crippen molar-refractivity contribution in [2.24, 2.45) is 0 Å². The molecule has 2 aromatic heterocycles. The van der Waals surface area contributed by atoms with Gasteiger partial charge in [0, 0.05) is 18.7 Å². The van der Waals surface area contributed by atoms with E-state index in [1.165, 1.54) is 16.8 Å². The van der Waals surface area contributed by atoms with E-state index in [9.17, 15) is 0 Å². The minimum atomic E-state index is 0.800. The van der Waals surface area contributed by atoms with Crippen molar-refractivity contribution >= 4 is 17.0 Å². The first-order valence-corrected chi connectivity index (χ1v) is 6.31. The Balaban J connectivity index is 1.92. The Morgan fingerprint density at radius 2 is 2.06 bits per heavy atom. The number of rotatable bonds is 2. The highest BCUT2D eigenvalue weighted by Gasteiger charge is 2.17. The molecular formula is C12H13NO2S. The molecule has 1 fully saturated rings. The molecule has 3 nitrogen and oxygen atoms in total. The lowest BCUT2D eigenvalue weighted by atomic mass is 10.1. The largest absolute Gasteiger partial charge is 0.470 e. The normalized spacial score (nSPS) is 16.6. The molecule has 0 N–H and O–H groups in total. The van der Waals surface area contributed by atoms with Gasteiger partial charge < -0.3 is 14.1 Å². The van der Waals surface area contributed by atoms with Crippen molar-refractivity contribution in [3.63, 3.8) is 0 Å². The van der Waals surface area contributed by atoms with Gasteiger partial charge in [0.15, 0.2) is 0 Å². The second kappa shape index (κ2) is 4.31. The number of hydrogen-bond acceptors (Lipinski definition) is 4. The summed E-state index contributed by atoms with van der Waals surface area (Å²) in [5.41, 5.74) is 3.60. The highest BCUT2D eigenvalue weighted by Crippen LogP contribution is 2.33. The van der Waals surface area contributed by atoms with Crippen molar-refractivity contribution < 1.29 is 9.15 Å². The van der Waals surface area contributed by atoms with Crippen LogP contribution in [0.4, 0.5) is 5.69 Å². The Hall–Kier alpha value is -1.26. The van der Waals surface area contributed by atoms with Crippen LogP contribution in [0, 0.1) is 0 Å². The van der Waals surface area contributed by atoms with Crippen LogP contribution >= 0.6 is 11.3 Å². The van der Waals surface area contributed by atoms with Gasteiger partial charge in [0.05, 0.1) is 18.9 Å². The smallest absolute Gasteiger partial charge is 0.114 e. The molecule has 16 heavy (non-hydrogen) atoms. The highest BCUT2D eigenvalue weighted by atomic mass is 32.1. The van der Waals surface area contributed by atoms with E-state index < -0.39 is 0 Å². The SMILES string of the molecule is c1cc(-c2cocc2N2CCOCC2)cs1. The summed E-state index contributed by atoms with van der Waals surface area (Å²) in [7, 11) is 0. The fraction of sp³-hybridized carbons (Fsp3) is 0.333. The summed E-state index contributed by atoms with van der Waals surface area (Å²) in [6, 6.07) is 2.12. The third kappa shape index (κ3) is 1.74. The lowest BCUT2D eigenvalue weighted by molar-refractivity contribution is 0.122. The lowest BCUT2D eigenvalue weighted by Crippen LogP contribution is -2.36. The third-order valence-electron chi connectivity index (χ3n) is 2.83. The van der Waals surface area contributed by atoms with Gasteiger partial charge >= 0.3 is 0 Å². The molecule has 0 aromatic carbocycles. The molecule has 0 saturated carbocycles. The number of ether oxygens (including phenoxy) is 1. The molecule has 3 rings (SSSR count).